The number of esters is 4. The number of fused-ring (bicyclic) bond motifs is 10. The third-order valence-electron chi connectivity index (χ3n) is 22.7. The van der Waals surface area contributed by atoms with Gasteiger partial charge in [-0.15, -0.1) is 0 Å². The largest absolute Gasteiger partial charge is 0.509 e. The Bertz CT molecular complexity index is 2880. The molecule has 0 aromatic heterocycles. The Morgan fingerprint density at radius 3 is 2.16 bits per heavy atom. The number of rotatable bonds is 15. The number of benzene rings is 2. The van der Waals surface area contributed by atoms with Gasteiger partial charge in [-0.3, -0.25) is 14.4 Å². The first-order valence-corrected chi connectivity index (χ1v) is 30.9. The summed E-state index contributed by atoms with van der Waals surface area (Å²) in [5.41, 5.74) is -5.09. The highest BCUT2D eigenvalue weighted by Gasteiger charge is 2.78. The first-order valence-electron chi connectivity index (χ1n) is 30.9. The molecule has 2 N–H and O–H groups in total. The molecule has 7 aliphatic carbocycles. The summed E-state index contributed by atoms with van der Waals surface area (Å²) >= 11 is 0. The third kappa shape index (κ3) is 10.5. The molecule has 10 rings (SSSR count). The van der Waals surface area contributed by atoms with Crippen molar-refractivity contribution in [2.75, 3.05) is 6.61 Å². The molecule has 0 amide bonds. The summed E-state index contributed by atoms with van der Waals surface area (Å²) in [5, 5.41) is 26.3. The number of carbonyl (C=O) groups excluding carboxylic acids is 6. The van der Waals surface area contributed by atoms with E-state index in [1.807, 2.05) is 6.07 Å². The van der Waals surface area contributed by atoms with Gasteiger partial charge in [0.15, 0.2) is 17.5 Å². The molecule has 18 atom stereocenters. The van der Waals surface area contributed by atoms with Crippen LogP contribution in [0.15, 0.2) is 83.5 Å². The molecule has 452 valence electrons. The maximum absolute atomic E-state index is 15.8. The molecule has 2 bridgehead atoms. The topological polar surface area (TPSA) is 207 Å². The quantitative estimate of drug-likeness (QED) is 0.0966. The summed E-state index contributed by atoms with van der Waals surface area (Å²) < 4.78 is 43.3. The Morgan fingerprint density at radius 2 is 1.51 bits per heavy atom. The van der Waals surface area contributed by atoms with E-state index in [9.17, 15) is 29.4 Å². The Hall–Kier alpha value is -5.38. The number of aliphatic hydroxyl groups is 2. The molecular formula is C68H90O15. The number of aliphatic hydroxyl groups excluding tert-OH is 1. The van der Waals surface area contributed by atoms with Crippen LogP contribution in [0.1, 0.15) is 176 Å². The molecule has 15 nitrogen and oxygen atoms in total. The predicted molar refractivity (Wildman–Crippen MR) is 307 cm³/mol. The molecule has 2 aromatic carbocycles. The van der Waals surface area contributed by atoms with Crippen molar-refractivity contribution in [3.8, 4) is 0 Å². The molecular weight excluding hydrogens is 1060 g/mol. The molecule has 83 heavy (non-hydrogen) atoms. The fraction of sp³-hybridized carbons (Fsp3) is 0.676. The van der Waals surface area contributed by atoms with Crippen molar-refractivity contribution in [1.82, 2.24) is 0 Å². The highest BCUT2D eigenvalue weighted by atomic mass is 16.7. The van der Waals surface area contributed by atoms with Crippen LogP contribution in [-0.2, 0) is 58.8 Å². The van der Waals surface area contributed by atoms with Gasteiger partial charge in [0, 0.05) is 44.9 Å². The number of hydrogen-bond acceptors (Lipinski definition) is 15. The lowest BCUT2D eigenvalue weighted by Crippen LogP contribution is -2.82. The van der Waals surface area contributed by atoms with Crippen LogP contribution in [0.2, 0.25) is 0 Å². The second-order valence-electron chi connectivity index (χ2n) is 28.0. The summed E-state index contributed by atoms with van der Waals surface area (Å²) in [5.74, 6) is -1.74. The average molecular weight is 1150 g/mol. The molecule has 2 aromatic rings. The summed E-state index contributed by atoms with van der Waals surface area (Å²) in [6.07, 6.45) is 3.08. The van der Waals surface area contributed by atoms with E-state index in [4.69, 9.17) is 33.2 Å². The van der Waals surface area contributed by atoms with Gasteiger partial charge < -0.3 is 43.4 Å². The van der Waals surface area contributed by atoms with Crippen LogP contribution in [0, 0.1) is 63.1 Å². The lowest BCUT2D eigenvalue weighted by atomic mass is 9.44. The SMILES string of the molecule is CC(=O)O[C@@H]1C(=O)[C@@]2(C)[C@H](O)C[C@@H]3OC[C@]3(OC(C)=O)[C@@H]2[C@@H](OC(=O)c2ccccc2)[C@@]2(O)C[C@@H](OC(=O)[C@H](Cc3ccccc3)OC(=O)OC3CCC4(C)C(=CCC5C4CCC4(C)C(C(C)CCCC(C)C)CCC54)C3)C(C)=C1C2(C)C. The van der Waals surface area contributed by atoms with Crippen LogP contribution in [0.25, 0.3) is 0 Å². The Balaban J connectivity index is 0.932. The van der Waals surface area contributed by atoms with E-state index < -0.39 is 113 Å². The smallest absolute Gasteiger partial charge is 0.455 e. The van der Waals surface area contributed by atoms with Crippen molar-refractivity contribution >= 4 is 35.8 Å². The van der Waals surface area contributed by atoms with E-state index >= 15 is 9.59 Å². The van der Waals surface area contributed by atoms with Gasteiger partial charge >= 0.3 is 30.0 Å². The third-order valence-corrected chi connectivity index (χ3v) is 22.7. The van der Waals surface area contributed by atoms with Crippen molar-refractivity contribution in [2.24, 2.45) is 63.1 Å². The zero-order chi connectivity index (χ0) is 59.8. The highest BCUT2D eigenvalue weighted by molar-refractivity contribution is 5.95. The monoisotopic (exact) mass is 1150 g/mol. The van der Waals surface area contributed by atoms with Crippen LogP contribution in [0.5, 0.6) is 0 Å². The molecule has 8 aliphatic rings. The molecule has 1 aliphatic heterocycles. The minimum Gasteiger partial charge on any atom is -0.455 e. The minimum absolute atomic E-state index is 0.00238. The summed E-state index contributed by atoms with van der Waals surface area (Å²) in [6.45, 7) is 20.5. The average Bonchev–Trinajstić information content (AvgIpc) is 1.28. The number of ether oxygens (including phenoxy) is 7. The Morgan fingerprint density at radius 1 is 0.807 bits per heavy atom. The van der Waals surface area contributed by atoms with E-state index in [1.165, 1.54) is 76.5 Å². The van der Waals surface area contributed by atoms with E-state index in [0.29, 0.717) is 41.6 Å². The van der Waals surface area contributed by atoms with Crippen molar-refractivity contribution in [2.45, 2.75) is 220 Å². The van der Waals surface area contributed by atoms with Crippen LogP contribution < -0.4 is 0 Å². The lowest BCUT2D eigenvalue weighted by Gasteiger charge is -2.67. The second kappa shape index (κ2) is 22.8. The molecule has 0 radical (unpaired) electrons. The van der Waals surface area contributed by atoms with Gasteiger partial charge in [0.2, 0.25) is 6.10 Å². The Kier molecular flexibility index (Phi) is 16.7. The van der Waals surface area contributed by atoms with Gasteiger partial charge in [-0.25, -0.2) is 14.4 Å². The number of hydrogen-bond donors (Lipinski definition) is 2. The zero-order valence-electron chi connectivity index (χ0n) is 50.7. The van der Waals surface area contributed by atoms with Gasteiger partial charge in [0.05, 0.1) is 29.6 Å². The predicted octanol–water partition coefficient (Wildman–Crippen LogP) is 11.4. The van der Waals surface area contributed by atoms with E-state index in [2.05, 4.69) is 40.7 Å². The number of carbonyl (C=O) groups is 6. The molecule has 8 unspecified atom stereocenters. The maximum atomic E-state index is 15.8. The molecule has 1 heterocycles. The number of allylic oxidation sites excluding steroid dienone is 1. The minimum atomic E-state index is -2.37. The fourth-order valence-corrected chi connectivity index (χ4v) is 18.3. The maximum Gasteiger partial charge on any atom is 0.509 e. The van der Waals surface area contributed by atoms with Crippen LogP contribution in [0.3, 0.4) is 0 Å². The van der Waals surface area contributed by atoms with Crippen molar-refractivity contribution in [3.63, 3.8) is 0 Å². The molecule has 6 fully saturated rings. The summed E-state index contributed by atoms with van der Waals surface area (Å²) in [4.78, 5) is 86.1. The van der Waals surface area contributed by atoms with Gasteiger partial charge in [0.25, 0.3) is 0 Å². The summed E-state index contributed by atoms with van der Waals surface area (Å²) in [6, 6.07) is 17.0. The normalized spacial score (nSPS) is 38.3. The number of Topliss-reactive ketones (excluding diaryl/α,β-unsaturated/α-hetero) is 1. The van der Waals surface area contributed by atoms with Gasteiger partial charge in [0.1, 0.15) is 30.0 Å². The van der Waals surface area contributed by atoms with Crippen LogP contribution in [-0.4, -0.2) is 107 Å². The van der Waals surface area contributed by atoms with Gasteiger partial charge in [-0.1, -0.05) is 128 Å². The molecule has 5 saturated carbocycles. The molecule has 1 saturated heterocycles. The highest BCUT2D eigenvalue weighted by Crippen LogP contribution is 2.68. The lowest BCUT2D eigenvalue weighted by molar-refractivity contribution is -0.346. The van der Waals surface area contributed by atoms with Crippen molar-refractivity contribution in [1.29, 1.82) is 0 Å². The van der Waals surface area contributed by atoms with Crippen molar-refractivity contribution < 1.29 is 72.1 Å². The Labute approximate surface area is 490 Å². The van der Waals surface area contributed by atoms with Gasteiger partial charge in [-0.05, 0) is 134 Å². The number of ketones is 1. The van der Waals surface area contributed by atoms with Crippen molar-refractivity contribution in [3.05, 3.63) is 94.6 Å². The standard InChI is InChI=1S/C68H90O15/c1-38(2)19-18-20-39(3)48-27-28-49-47-26-25-45-34-46(29-31-64(45,9)50(47)30-32-65(48,49)10)79-62(75)81-51(33-43-21-14-12-15-22-43)61(74)80-52-36-68(76)59(82-60(73)44-23-16-13-17-24-44)57-66(11,53(71)35-54-67(57,37-77-54)83-42(6)70)58(72)56(78-41(5)69)55(40(52)4)63(68,7)8/h12-17,21-25,38-39,46-54,56-57,59,71,76H,18-20,26-37H2,1-11H3/t39?,46?,47?,48?,49?,50?,51-,52+,53+,54-,56-,57+,59+,64?,65?,66-,67+,68-/m0/s1. The first kappa shape index (κ1) is 60.7. The van der Waals surface area contributed by atoms with E-state index in [1.54, 1.807) is 63.2 Å². The van der Waals surface area contributed by atoms with Crippen LogP contribution in [0.4, 0.5) is 4.79 Å². The van der Waals surface area contributed by atoms with E-state index in [-0.39, 0.29) is 41.6 Å². The molecule has 0 spiro atoms. The zero-order valence-corrected chi connectivity index (χ0v) is 50.7. The fourth-order valence-electron chi connectivity index (χ4n) is 18.3. The molecule has 15 heteroatoms. The second-order valence-corrected chi connectivity index (χ2v) is 28.0. The van der Waals surface area contributed by atoms with Crippen LogP contribution >= 0.6 is 0 Å². The summed E-state index contributed by atoms with van der Waals surface area (Å²) in [7, 11) is 0. The van der Waals surface area contributed by atoms with Gasteiger partial charge in [-0.2, -0.15) is 0 Å². The first-order chi connectivity index (χ1) is 39.2. The van der Waals surface area contributed by atoms with E-state index in [0.717, 1.165) is 37.5 Å².